The second kappa shape index (κ2) is 5.38. The van der Waals surface area contributed by atoms with Gasteiger partial charge in [-0.25, -0.2) is 4.79 Å². The topological polar surface area (TPSA) is 101 Å². The molecule has 0 aliphatic carbocycles. The van der Waals surface area contributed by atoms with Crippen molar-refractivity contribution in [3.8, 4) is 0 Å². The molecular weight excluding hydrogens is 250 g/mol. The van der Waals surface area contributed by atoms with Crippen LogP contribution in [0.2, 0.25) is 0 Å². The van der Waals surface area contributed by atoms with Crippen LogP contribution in [0, 0.1) is 0 Å². The van der Waals surface area contributed by atoms with Gasteiger partial charge in [-0.3, -0.25) is 4.68 Å². The number of hydrogen-bond donors (Lipinski definition) is 2. The van der Waals surface area contributed by atoms with E-state index in [2.05, 4.69) is 25.9 Å². The lowest BCUT2D eigenvalue weighted by Gasteiger charge is -2.03. The Morgan fingerprint density at radius 1 is 1.53 bits per heavy atom. The zero-order chi connectivity index (χ0) is 13.8. The summed E-state index contributed by atoms with van der Waals surface area (Å²) in [4.78, 5) is 17.4. The summed E-state index contributed by atoms with van der Waals surface area (Å²) in [5, 5.41) is 12.9. The first-order valence-electron chi connectivity index (χ1n) is 5.58. The van der Waals surface area contributed by atoms with Crippen LogP contribution in [0.25, 0.3) is 0 Å². The Bertz CT molecular complexity index is 560. The molecule has 0 aromatic carbocycles. The largest absolute Gasteiger partial charge is 0.344 e. The molecule has 19 heavy (non-hydrogen) atoms. The van der Waals surface area contributed by atoms with E-state index in [0.717, 1.165) is 0 Å². The Labute approximate surface area is 109 Å². The lowest BCUT2D eigenvalue weighted by Crippen LogP contribution is -2.28. The fourth-order valence-electron chi connectivity index (χ4n) is 1.32. The molecule has 9 heteroatoms. The summed E-state index contributed by atoms with van der Waals surface area (Å²) in [5.74, 6) is 0.800. The van der Waals surface area contributed by atoms with Gasteiger partial charge >= 0.3 is 6.03 Å². The van der Waals surface area contributed by atoms with Gasteiger partial charge in [-0.2, -0.15) is 10.1 Å². The van der Waals surface area contributed by atoms with Gasteiger partial charge in [-0.05, 0) is 5.16 Å². The normalized spacial score (nSPS) is 10.3. The Hall–Kier alpha value is -2.58. The molecule has 0 aliphatic heterocycles. The highest BCUT2D eigenvalue weighted by Crippen LogP contribution is 2.05. The first-order chi connectivity index (χ1) is 9.04. The number of anilines is 2. The van der Waals surface area contributed by atoms with Gasteiger partial charge < -0.3 is 20.1 Å². The maximum absolute atomic E-state index is 11.6. The summed E-state index contributed by atoms with van der Waals surface area (Å²) in [5.41, 5.74) is 0.611. The number of rotatable bonds is 4. The van der Waals surface area contributed by atoms with Gasteiger partial charge in [0.15, 0.2) is 0 Å². The molecule has 2 N–H and O–H groups in total. The molecule has 2 heterocycles. The highest BCUT2D eigenvalue weighted by Gasteiger charge is 2.09. The molecule has 9 nitrogen and oxygen atoms in total. The van der Waals surface area contributed by atoms with Crippen molar-refractivity contribution in [1.82, 2.24) is 25.2 Å². The number of aryl methyl sites for hydroxylation is 1. The number of nitrogens with one attached hydrogen (secondary N) is 2. The molecule has 0 radical (unpaired) electrons. The maximum Gasteiger partial charge on any atom is 0.319 e. The van der Waals surface area contributed by atoms with Crippen LogP contribution in [0.3, 0.4) is 0 Å². The zero-order valence-electron chi connectivity index (χ0n) is 10.9. The third-order valence-electron chi connectivity index (χ3n) is 2.22. The summed E-state index contributed by atoms with van der Waals surface area (Å²) in [6.45, 7) is 0.160. The van der Waals surface area contributed by atoms with Crippen molar-refractivity contribution in [1.29, 1.82) is 0 Å². The summed E-state index contributed by atoms with van der Waals surface area (Å²) in [7, 11) is 5.37. The van der Waals surface area contributed by atoms with E-state index in [1.807, 2.05) is 0 Å². The summed E-state index contributed by atoms with van der Waals surface area (Å²) < 4.78 is 6.56. The molecule has 0 saturated carbocycles. The van der Waals surface area contributed by atoms with Crippen LogP contribution in [0.15, 0.2) is 16.9 Å². The predicted molar refractivity (Wildman–Crippen MR) is 67.7 cm³/mol. The van der Waals surface area contributed by atoms with Crippen molar-refractivity contribution >= 4 is 17.7 Å². The van der Waals surface area contributed by atoms with Gasteiger partial charge in [-0.1, -0.05) is 0 Å². The van der Waals surface area contributed by atoms with Gasteiger partial charge in [0.2, 0.25) is 5.89 Å². The summed E-state index contributed by atoms with van der Waals surface area (Å²) in [6.07, 6.45) is 3.24. The lowest BCUT2D eigenvalue weighted by molar-refractivity contribution is 0.249. The van der Waals surface area contributed by atoms with Gasteiger partial charge in [-0.15, -0.1) is 0 Å². The maximum atomic E-state index is 11.6. The number of carbonyl (C=O) groups excluding carboxylic acids is 1. The molecule has 0 fully saturated rings. The number of carbonyl (C=O) groups is 1. The van der Waals surface area contributed by atoms with E-state index < -0.39 is 0 Å². The number of nitrogens with zero attached hydrogens (tertiary/aromatic N) is 5. The molecule has 2 aromatic rings. The van der Waals surface area contributed by atoms with E-state index in [4.69, 9.17) is 4.52 Å². The molecule has 0 saturated heterocycles. The molecule has 2 amide bonds. The minimum Gasteiger partial charge on any atom is -0.344 e. The van der Waals surface area contributed by atoms with E-state index in [1.165, 1.54) is 0 Å². The zero-order valence-corrected chi connectivity index (χ0v) is 10.9. The second-order valence-corrected chi connectivity index (χ2v) is 4.09. The van der Waals surface area contributed by atoms with E-state index >= 15 is 0 Å². The van der Waals surface area contributed by atoms with Crippen LogP contribution in [0.1, 0.15) is 5.89 Å². The summed E-state index contributed by atoms with van der Waals surface area (Å²) in [6, 6.07) is -0.363. The third-order valence-corrected chi connectivity index (χ3v) is 2.22. The molecule has 0 aliphatic rings. The minimum atomic E-state index is -0.363. The first kappa shape index (κ1) is 12.9. The smallest absolute Gasteiger partial charge is 0.319 e. The van der Waals surface area contributed by atoms with E-state index in [0.29, 0.717) is 17.5 Å². The Kier molecular flexibility index (Phi) is 3.64. The van der Waals surface area contributed by atoms with Gasteiger partial charge in [0.1, 0.15) is 0 Å². The van der Waals surface area contributed by atoms with Crippen molar-refractivity contribution in [3.63, 3.8) is 0 Å². The van der Waals surface area contributed by atoms with Gasteiger partial charge in [0.25, 0.3) is 5.95 Å². The highest BCUT2D eigenvalue weighted by atomic mass is 16.5. The van der Waals surface area contributed by atoms with Gasteiger partial charge in [0, 0.05) is 27.3 Å². The standard InChI is InChI=1S/C10H15N7O2/c1-16(2)9-14-8(19-15-9)5-11-10(18)13-7-4-12-17(3)6-7/h4,6H,5H2,1-3H3,(H2,11,13,18). The van der Waals surface area contributed by atoms with E-state index in [9.17, 15) is 4.79 Å². The van der Waals surface area contributed by atoms with Crippen molar-refractivity contribution in [3.05, 3.63) is 18.3 Å². The fraction of sp³-hybridized carbons (Fsp3) is 0.400. The van der Waals surface area contributed by atoms with E-state index in [-0.39, 0.29) is 12.6 Å². The molecule has 102 valence electrons. The van der Waals surface area contributed by atoms with Crippen LogP contribution in [0.4, 0.5) is 16.4 Å². The monoisotopic (exact) mass is 265 g/mol. The molecule has 2 rings (SSSR count). The minimum absolute atomic E-state index is 0.160. The second-order valence-electron chi connectivity index (χ2n) is 4.09. The number of amides is 2. The fourth-order valence-corrected chi connectivity index (χ4v) is 1.32. The number of urea groups is 1. The SMILES string of the molecule is CN(C)c1noc(CNC(=O)Nc2cnn(C)c2)n1. The van der Waals surface area contributed by atoms with E-state index in [1.54, 1.807) is 43.1 Å². The van der Waals surface area contributed by atoms with Crippen molar-refractivity contribution in [2.24, 2.45) is 7.05 Å². The Morgan fingerprint density at radius 3 is 2.89 bits per heavy atom. The number of hydrogen-bond acceptors (Lipinski definition) is 6. The molecule has 0 spiro atoms. The molecular formula is C10H15N7O2. The number of aromatic nitrogens is 4. The Balaban J connectivity index is 1.82. The van der Waals surface area contributed by atoms with Crippen LogP contribution >= 0.6 is 0 Å². The highest BCUT2D eigenvalue weighted by molar-refractivity contribution is 5.88. The average Bonchev–Trinajstić information content (AvgIpc) is 2.96. The van der Waals surface area contributed by atoms with Crippen molar-refractivity contribution in [2.45, 2.75) is 6.54 Å². The van der Waals surface area contributed by atoms with Crippen molar-refractivity contribution in [2.75, 3.05) is 24.3 Å². The average molecular weight is 265 g/mol. The van der Waals surface area contributed by atoms with Gasteiger partial charge in [0.05, 0.1) is 18.4 Å². The van der Waals surface area contributed by atoms with Crippen LogP contribution < -0.4 is 15.5 Å². The molecule has 0 bridgehead atoms. The third kappa shape index (κ3) is 3.44. The van der Waals surface area contributed by atoms with Crippen LogP contribution in [-0.4, -0.2) is 40.0 Å². The molecule has 0 unspecified atom stereocenters. The van der Waals surface area contributed by atoms with Crippen LogP contribution in [0.5, 0.6) is 0 Å². The lowest BCUT2D eigenvalue weighted by atomic mass is 10.5. The van der Waals surface area contributed by atoms with Crippen LogP contribution in [-0.2, 0) is 13.6 Å². The Morgan fingerprint density at radius 2 is 2.32 bits per heavy atom. The molecule has 0 atom stereocenters. The predicted octanol–water partition coefficient (Wildman–Crippen LogP) is 0.191. The molecule has 2 aromatic heterocycles. The quantitative estimate of drug-likeness (QED) is 0.818. The van der Waals surface area contributed by atoms with Crippen molar-refractivity contribution < 1.29 is 9.32 Å². The summed E-state index contributed by atoms with van der Waals surface area (Å²) >= 11 is 0. The first-order valence-corrected chi connectivity index (χ1v) is 5.58.